The van der Waals surface area contributed by atoms with Crippen molar-refractivity contribution < 1.29 is 14.6 Å². The van der Waals surface area contributed by atoms with E-state index in [4.69, 9.17) is 5.26 Å². The molecule has 0 bridgehead atoms. The third kappa shape index (κ3) is 8.77. The van der Waals surface area contributed by atoms with Crippen LogP contribution in [0.3, 0.4) is 0 Å². The van der Waals surface area contributed by atoms with Crippen molar-refractivity contribution in [2.24, 2.45) is 0 Å². The minimum Gasteiger partial charge on any atom is -0.432 e. The molecule has 102 valence electrons. The van der Waals surface area contributed by atoms with Crippen molar-refractivity contribution in [3.05, 3.63) is 12.2 Å². The molecule has 18 heavy (non-hydrogen) atoms. The Bertz CT molecular complexity index is 294. The molecule has 0 rings (SSSR count). The van der Waals surface area contributed by atoms with Crippen LogP contribution in [0.1, 0.15) is 58.3 Å². The summed E-state index contributed by atoms with van der Waals surface area (Å²) in [6.45, 7) is 5.40. The van der Waals surface area contributed by atoms with Crippen LogP contribution >= 0.6 is 0 Å². The Morgan fingerprint density at radius 3 is 2.39 bits per heavy atom. The number of carbonyl (C=O) groups is 1. The van der Waals surface area contributed by atoms with Crippen LogP contribution in [-0.2, 0) is 9.53 Å². The van der Waals surface area contributed by atoms with E-state index in [1.165, 1.54) is 25.7 Å². The number of nitriles is 1. The smallest absolute Gasteiger partial charge is 0.350 e. The van der Waals surface area contributed by atoms with Crippen LogP contribution in [0, 0.1) is 11.3 Å². The number of aliphatic hydroxyl groups excluding tert-OH is 1. The number of esters is 1. The summed E-state index contributed by atoms with van der Waals surface area (Å²) in [5.41, 5.74) is -0.284. The molecule has 0 radical (unpaired) electrons. The molecule has 4 heteroatoms. The lowest BCUT2D eigenvalue weighted by atomic mass is 10.1. The van der Waals surface area contributed by atoms with E-state index < -0.39 is 12.3 Å². The highest BCUT2D eigenvalue weighted by atomic mass is 16.6. The van der Waals surface area contributed by atoms with Crippen LogP contribution in [0.5, 0.6) is 0 Å². The van der Waals surface area contributed by atoms with E-state index in [0.717, 1.165) is 19.3 Å². The van der Waals surface area contributed by atoms with Gasteiger partial charge in [0.05, 0.1) is 0 Å². The van der Waals surface area contributed by atoms with Crippen LogP contribution < -0.4 is 0 Å². The summed E-state index contributed by atoms with van der Waals surface area (Å²) in [7, 11) is 0. The average molecular weight is 253 g/mol. The Labute approximate surface area is 109 Å². The zero-order chi connectivity index (χ0) is 13.8. The van der Waals surface area contributed by atoms with Crippen molar-refractivity contribution in [1.29, 1.82) is 5.26 Å². The minimum atomic E-state index is -1.13. The molecule has 0 spiro atoms. The molecule has 0 aromatic rings. The van der Waals surface area contributed by atoms with Crippen molar-refractivity contribution in [2.75, 3.05) is 0 Å². The summed E-state index contributed by atoms with van der Waals surface area (Å²) in [5.74, 6) is -0.840. The molecular weight excluding hydrogens is 230 g/mol. The molecule has 0 fully saturated rings. The van der Waals surface area contributed by atoms with Gasteiger partial charge in [0.15, 0.2) is 0 Å². The second kappa shape index (κ2) is 10.8. The Morgan fingerprint density at radius 1 is 1.28 bits per heavy atom. The third-order valence-corrected chi connectivity index (χ3v) is 2.68. The number of carbonyl (C=O) groups excluding carboxylic acids is 1. The van der Waals surface area contributed by atoms with E-state index in [1.54, 1.807) is 6.07 Å². The van der Waals surface area contributed by atoms with Gasteiger partial charge in [0.2, 0.25) is 6.29 Å². The number of hydrogen-bond acceptors (Lipinski definition) is 4. The van der Waals surface area contributed by atoms with Crippen LogP contribution in [0.4, 0.5) is 0 Å². The van der Waals surface area contributed by atoms with E-state index in [-0.39, 0.29) is 5.57 Å². The number of aliphatic hydroxyl groups is 1. The maximum atomic E-state index is 11.1. The maximum Gasteiger partial charge on any atom is 0.350 e. The van der Waals surface area contributed by atoms with Gasteiger partial charge in [-0.25, -0.2) is 4.79 Å². The minimum absolute atomic E-state index is 0.284. The summed E-state index contributed by atoms with van der Waals surface area (Å²) < 4.78 is 4.64. The first kappa shape index (κ1) is 16.7. The molecule has 0 aliphatic carbocycles. The van der Waals surface area contributed by atoms with Gasteiger partial charge in [-0.05, 0) is 6.42 Å². The number of ether oxygens (including phenoxy) is 1. The largest absolute Gasteiger partial charge is 0.432 e. The fourth-order valence-corrected chi connectivity index (χ4v) is 1.58. The Morgan fingerprint density at radius 2 is 1.83 bits per heavy atom. The van der Waals surface area contributed by atoms with Gasteiger partial charge in [-0.3, -0.25) is 0 Å². The zero-order valence-electron chi connectivity index (χ0n) is 11.2. The first-order valence-electron chi connectivity index (χ1n) is 6.59. The van der Waals surface area contributed by atoms with Crippen molar-refractivity contribution in [2.45, 2.75) is 64.6 Å². The molecule has 1 atom stereocenters. The van der Waals surface area contributed by atoms with Crippen LogP contribution in [0.15, 0.2) is 12.2 Å². The SMILES string of the molecule is C=C(C#N)C(=O)OC(O)CCCCCCCCC. The van der Waals surface area contributed by atoms with Crippen LogP contribution in [0.25, 0.3) is 0 Å². The summed E-state index contributed by atoms with van der Waals surface area (Å²) in [6.07, 6.45) is 7.26. The lowest BCUT2D eigenvalue weighted by Gasteiger charge is -2.10. The molecule has 0 amide bonds. The summed E-state index contributed by atoms with van der Waals surface area (Å²) in [5, 5.41) is 17.8. The molecule has 0 saturated carbocycles. The first-order chi connectivity index (χ1) is 8.61. The molecule has 1 N–H and O–H groups in total. The average Bonchev–Trinajstić information content (AvgIpc) is 2.36. The van der Waals surface area contributed by atoms with Crippen molar-refractivity contribution in [3.8, 4) is 6.07 Å². The van der Waals surface area contributed by atoms with Gasteiger partial charge in [0, 0.05) is 6.42 Å². The van der Waals surface area contributed by atoms with Gasteiger partial charge in [-0.1, -0.05) is 52.0 Å². The second-order valence-corrected chi connectivity index (χ2v) is 4.36. The highest BCUT2D eigenvalue weighted by Crippen LogP contribution is 2.10. The molecule has 0 aliphatic heterocycles. The van der Waals surface area contributed by atoms with Gasteiger partial charge in [-0.2, -0.15) is 5.26 Å². The van der Waals surface area contributed by atoms with Gasteiger partial charge >= 0.3 is 5.97 Å². The standard InChI is InChI=1S/C14H23NO3/c1-3-4-5-6-7-8-9-10-13(16)18-14(17)12(2)11-15/h13,16H,2-10H2,1H3. The van der Waals surface area contributed by atoms with Crippen LogP contribution in [-0.4, -0.2) is 17.4 Å². The van der Waals surface area contributed by atoms with Crippen molar-refractivity contribution >= 4 is 5.97 Å². The molecule has 4 nitrogen and oxygen atoms in total. The van der Waals surface area contributed by atoms with E-state index in [1.807, 2.05) is 0 Å². The zero-order valence-corrected chi connectivity index (χ0v) is 11.2. The summed E-state index contributed by atoms with van der Waals surface area (Å²) >= 11 is 0. The van der Waals surface area contributed by atoms with Gasteiger partial charge < -0.3 is 9.84 Å². The number of nitrogens with zero attached hydrogens (tertiary/aromatic N) is 1. The van der Waals surface area contributed by atoms with E-state index in [0.29, 0.717) is 6.42 Å². The lowest BCUT2D eigenvalue weighted by Crippen LogP contribution is -2.18. The Hall–Kier alpha value is -1.34. The molecule has 0 saturated heterocycles. The van der Waals surface area contributed by atoms with Crippen molar-refractivity contribution in [1.82, 2.24) is 0 Å². The third-order valence-electron chi connectivity index (χ3n) is 2.68. The fourth-order valence-electron chi connectivity index (χ4n) is 1.58. The lowest BCUT2D eigenvalue weighted by molar-refractivity contribution is -0.163. The normalized spacial score (nSPS) is 11.6. The fraction of sp³-hybridized carbons (Fsp3) is 0.714. The van der Waals surface area contributed by atoms with E-state index >= 15 is 0 Å². The highest BCUT2D eigenvalue weighted by molar-refractivity contribution is 5.91. The number of unbranched alkanes of at least 4 members (excludes halogenated alkanes) is 6. The first-order valence-corrected chi connectivity index (χ1v) is 6.59. The molecular formula is C14H23NO3. The number of rotatable bonds is 10. The predicted molar refractivity (Wildman–Crippen MR) is 69.5 cm³/mol. The Balaban J connectivity index is 3.48. The van der Waals surface area contributed by atoms with E-state index in [9.17, 15) is 9.90 Å². The van der Waals surface area contributed by atoms with Gasteiger partial charge in [0.25, 0.3) is 0 Å². The monoisotopic (exact) mass is 253 g/mol. The molecule has 0 aromatic carbocycles. The predicted octanol–water partition coefficient (Wildman–Crippen LogP) is 3.07. The summed E-state index contributed by atoms with van der Waals surface area (Å²) in [4.78, 5) is 11.1. The van der Waals surface area contributed by atoms with Crippen LogP contribution in [0.2, 0.25) is 0 Å². The molecule has 1 unspecified atom stereocenters. The maximum absolute atomic E-state index is 11.1. The van der Waals surface area contributed by atoms with Gasteiger partial charge in [0.1, 0.15) is 11.6 Å². The molecule has 0 aromatic heterocycles. The number of hydrogen-bond donors (Lipinski definition) is 1. The second-order valence-electron chi connectivity index (χ2n) is 4.36. The highest BCUT2D eigenvalue weighted by Gasteiger charge is 2.13. The molecule has 0 heterocycles. The topological polar surface area (TPSA) is 70.3 Å². The Kier molecular flexibility index (Phi) is 9.99. The van der Waals surface area contributed by atoms with Crippen molar-refractivity contribution in [3.63, 3.8) is 0 Å². The van der Waals surface area contributed by atoms with E-state index in [2.05, 4.69) is 18.2 Å². The quantitative estimate of drug-likeness (QED) is 0.213. The summed E-state index contributed by atoms with van der Waals surface area (Å²) in [6, 6.07) is 1.59. The van der Waals surface area contributed by atoms with Gasteiger partial charge in [-0.15, -0.1) is 0 Å². The molecule has 0 aliphatic rings.